The van der Waals surface area contributed by atoms with Gasteiger partial charge in [-0.15, -0.1) is 0 Å². The third-order valence-corrected chi connectivity index (χ3v) is 4.00. The number of H-pyrrole nitrogens is 1. The minimum Gasteiger partial charge on any atom is -0.495 e. The van der Waals surface area contributed by atoms with Crippen molar-refractivity contribution in [2.45, 2.75) is 0 Å². The Labute approximate surface area is 134 Å². The zero-order chi connectivity index (χ0) is 15.1. The summed E-state index contributed by atoms with van der Waals surface area (Å²) >= 11 is 17.1. The van der Waals surface area contributed by atoms with Crippen molar-refractivity contribution < 1.29 is 9.13 Å². The molecule has 0 unspecified atom stereocenters. The van der Waals surface area contributed by atoms with Crippen LogP contribution < -0.4 is 4.74 Å². The molecule has 0 aliphatic heterocycles. The van der Waals surface area contributed by atoms with Crippen LogP contribution in [0.25, 0.3) is 16.7 Å². The molecule has 7 heteroatoms. The quantitative estimate of drug-likeness (QED) is 0.653. The second kappa shape index (κ2) is 5.33. The zero-order valence-corrected chi connectivity index (χ0v) is 13.1. The molecule has 3 nitrogen and oxygen atoms in total. The monoisotopic (exact) mass is 342 g/mol. The lowest BCUT2D eigenvalue weighted by atomic mass is 10.2. The molecule has 0 fully saturated rings. The van der Waals surface area contributed by atoms with Crippen LogP contribution in [0.3, 0.4) is 0 Å². The molecular formula is C14H9Cl2FN2OS. The van der Waals surface area contributed by atoms with Gasteiger partial charge in [-0.25, -0.2) is 4.39 Å². The van der Waals surface area contributed by atoms with Crippen molar-refractivity contribution >= 4 is 46.5 Å². The van der Waals surface area contributed by atoms with Gasteiger partial charge in [0, 0.05) is 12.1 Å². The number of hydrogen-bond acceptors (Lipinski definition) is 2. The summed E-state index contributed by atoms with van der Waals surface area (Å²) in [4.78, 5) is 3.00. The normalized spacial score (nSPS) is 11.0. The first kappa shape index (κ1) is 14.4. The summed E-state index contributed by atoms with van der Waals surface area (Å²) in [5.74, 6) is 0.00713. The van der Waals surface area contributed by atoms with Gasteiger partial charge in [-0.3, -0.25) is 4.57 Å². The number of hydrogen-bond donors (Lipinski definition) is 1. The number of ether oxygens (including phenoxy) is 1. The number of aromatic amines is 1. The van der Waals surface area contributed by atoms with Crippen LogP contribution in [-0.4, -0.2) is 16.7 Å². The van der Waals surface area contributed by atoms with Crippen molar-refractivity contribution in [3.8, 4) is 11.4 Å². The van der Waals surface area contributed by atoms with Gasteiger partial charge in [0.1, 0.15) is 11.6 Å². The van der Waals surface area contributed by atoms with Crippen LogP contribution in [0.15, 0.2) is 30.3 Å². The standard InChI is InChI=1S/C14H9Cl2FN2OS/c1-20-13-4-7(2-3-8(13)15)19-12-6-10(17)9(16)5-11(12)18-14(19)21/h2-6H,1H3,(H,18,21). The summed E-state index contributed by atoms with van der Waals surface area (Å²) in [5, 5.41) is 0.529. The molecule has 1 heterocycles. The Bertz CT molecular complexity index is 904. The highest BCUT2D eigenvalue weighted by molar-refractivity contribution is 7.71. The first-order valence-corrected chi connectivity index (χ1v) is 7.11. The van der Waals surface area contributed by atoms with Crippen LogP contribution in [0.2, 0.25) is 10.0 Å². The number of imidazole rings is 1. The Hall–Kier alpha value is -1.56. The fraction of sp³-hybridized carbons (Fsp3) is 0.0714. The first-order valence-electron chi connectivity index (χ1n) is 5.95. The molecule has 2 aromatic carbocycles. The zero-order valence-electron chi connectivity index (χ0n) is 10.8. The van der Waals surface area contributed by atoms with Crippen LogP contribution in [0.4, 0.5) is 4.39 Å². The van der Waals surface area contributed by atoms with E-state index in [0.29, 0.717) is 32.3 Å². The number of halogens is 3. The van der Waals surface area contributed by atoms with E-state index in [1.807, 2.05) is 0 Å². The maximum atomic E-state index is 13.7. The predicted molar refractivity (Wildman–Crippen MR) is 85.0 cm³/mol. The maximum Gasteiger partial charge on any atom is 0.182 e. The number of nitrogens with zero attached hydrogens (tertiary/aromatic N) is 1. The summed E-state index contributed by atoms with van der Waals surface area (Å²) in [6, 6.07) is 8.05. The second-order valence-electron chi connectivity index (χ2n) is 4.37. The van der Waals surface area contributed by atoms with E-state index in [9.17, 15) is 4.39 Å². The van der Waals surface area contributed by atoms with Crippen molar-refractivity contribution in [1.82, 2.24) is 9.55 Å². The lowest BCUT2D eigenvalue weighted by Gasteiger charge is -2.08. The van der Waals surface area contributed by atoms with Gasteiger partial charge in [0.05, 0.1) is 33.9 Å². The molecule has 0 saturated heterocycles. The number of benzene rings is 2. The molecule has 3 rings (SSSR count). The smallest absolute Gasteiger partial charge is 0.182 e. The van der Waals surface area contributed by atoms with Crippen LogP contribution in [0, 0.1) is 10.6 Å². The lowest BCUT2D eigenvalue weighted by molar-refractivity contribution is 0.415. The Morgan fingerprint density at radius 2 is 1.95 bits per heavy atom. The Kier molecular flexibility index (Phi) is 3.65. The minimum atomic E-state index is -0.507. The molecule has 0 aliphatic carbocycles. The summed E-state index contributed by atoms with van der Waals surface area (Å²) in [6.07, 6.45) is 0. The van der Waals surface area contributed by atoms with E-state index >= 15 is 0 Å². The molecule has 0 radical (unpaired) electrons. The summed E-state index contributed by atoms with van der Waals surface area (Å²) < 4.78 is 21.0. The van der Waals surface area contributed by atoms with Crippen LogP contribution in [0.1, 0.15) is 0 Å². The number of rotatable bonds is 2. The van der Waals surface area contributed by atoms with Gasteiger partial charge in [0.25, 0.3) is 0 Å². The van der Waals surface area contributed by atoms with Gasteiger partial charge < -0.3 is 9.72 Å². The summed E-state index contributed by atoms with van der Waals surface area (Å²) in [7, 11) is 1.53. The highest BCUT2D eigenvalue weighted by atomic mass is 35.5. The number of aromatic nitrogens is 2. The van der Waals surface area contributed by atoms with E-state index in [1.165, 1.54) is 19.2 Å². The van der Waals surface area contributed by atoms with Crippen molar-refractivity contribution in [3.05, 3.63) is 51.0 Å². The average molecular weight is 343 g/mol. The van der Waals surface area contributed by atoms with Gasteiger partial charge in [-0.05, 0) is 30.4 Å². The van der Waals surface area contributed by atoms with E-state index in [-0.39, 0.29) is 5.02 Å². The predicted octanol–water partition coefficient (Wildman–Crippen LogP) is 5.14. The van der Waals surface area contributed by atoms with E-state index in [1.54, 1.807) is 22.8 Å². The Morgan fingerprint density at radius 3 is 2.67 bits per heavy atom. The van der Waals surface area contributed by atoms with Gasteiger partial charge in [0.2, 0.25) is 0 Å². The van der Waals surface area contributed by atoms with Crippen molar-refractivity contribution in [3.63, 3.8) is 0 Å². The third kappa shape index (κ3) is 2.41. The fourth-order valence-electron chi connectivity index (χ4n) is 2.15. The number of fused-ring (bicyclic) bond motifs is 1. The Balaban J connectivity index is 2.32. The molecule has 21 heavy (non-hydrogen) atoms. The summed E-state index contributed by atoms with van der Waals surface area (Å²) in [5.41, 5.74) is 1.96. The fourth-order valence-corrected chi connectivity index (χ4v) is 2.82. The average Bonchev–Trinajstić information content (AvgIpc) is 2.75. The topological polar surface area (TPSA) is 29.9 Å². The highest BCUT2D eigenvalue weighted by Gasteiger charge is 2.12. The lowest BCUT2D eigenvalue weighted by Crippen LogP contribution is -1.96. The number of methoxy groups -OCH3 is 1. The second-order valence-corrected chi connectivity index (χ2v) is 5.57. The molecule has 0 spiro atoms. The van der Waals surface area contributed by atoms with Crippen LogP contribution in [-0.2, 0) is 0 Å². The number of nitrogens with one attached hydrogen (secondary N) is 1. The van der Waals surface area contributed by atoms with Gasteiger partial charge in [-0.2, -0.15) is 0 Å². The third-order valence-electron chi connectivity index (χ3n) is 3.12. The molecule has 3 aromatic rings. The van der Waals surface area contributed by atoms with Crippen molar-refractivity contribution in [2.75, 3.05) is 7.11 Å². The molecule has 108 valence electrons. The molecule has 1 aromatic heterocycles. The van der Waals surface area contributed by atoms with E-state index < -0.39 is 5.82 Å². The van der Waals surface area contributed by atoms with Gasteiger partial charge in [0.15, 0.2) is 4.77 Å². The SMILES string of the molecule is COc1cc(-n2c(=S)[nH]c3cc(Cl)c(F)cc32)ccc1Cl. The highest BCUT2D eigenvalue weighted by Crippen LogP contribution is 2.30. The molecule has 0 atom stereocenters. The van der Waals surface area contributed by atoms with E-state index in [0.717, 1.165) is 0 Å². The molecule has 0 amide bonds. The molecule has 1 N–H and O–H groups in total. The molecule has 0 saturated carbocycles. The van der Waals surface area contributed by atoms with Gasteiger partial charge in [-0.1, -0.05) is 23.2 Å². The first-order chi connectivity index (χ1) is 10.0. The van der Waals surface area contributed by atoms with Gasteiger partial charge >= 0.3 is 0 Å². The summed E-state index contributed by atoms with van der Waals surface area (Å²) in [6.45, 7) is 0. The minimum absolute atomic E-state index is 0.0413. The van der Waals surface area contributed by atoms with Crippen molar-refractivity contribution in [1.29, 1.82) is 0 Å². The van der Waals surface area contributed by atoms with Crippen LogP contribution in [0.5, 0.6) is 5.75 Å². The maximum absolute atomic E-state index is 13.7. The Morgan fingerprint density at radius 1 is 1.19 bits per heavy atom. The molecule has 0 aliphatic rings. The van der Waals surface area contributed by atoms with E-state index in [2.05, 4.69) is 4.98 Å². The largest absolute Gasteiger partial charge is 0.495 e. The molecule has 0 bridgehead atoms. The van der Waals surface area contributed by atoms with Crippen LogP contribution >= 0.6 is 35.4 Å². The van der Waals surface area contributed by atoms with Crippen molar-refractivity contribution in [2.24, 2.45) is 0 Å². The molecular weight excluding hydrogens is 334 g/mol. The van der Waals surface area contributed by atoms with E-state index in [4.69, 9.17) is 40.2 Å².